The van der Waals surface area contributed by atoms with Crippen molar-refractivity contribution in [3.05, 3.63) is 12.7 Å². The van der Waals surface area contributed by atoms with Crippen LogP contribution >= 0.6 is 0 Å². The van der Waals surface area contributed by atoms with Gasteiger partial charge in [0.1, 0.15) is 0 Å². The molecule has 0 aromatic rings. The van der Waals surface area contributed by atoms with Gasteiger partial charge in [-0.1, -0.05) is 6.08 Å². The third-order valence-electron chi connectivity index (χ3n) is 3.60. The van der Waals surface area contributed by atoms with Crippen molar-refractivity contribution in [3.8, 4) is 0 Å². The highest BCUT2D eigenvalue weighted by Gasteiger charge is 2.40. The van der Waals surface area contributed by atoms with Gasteiger partial charge in [0.05, 0.1) is 12.2 Å². The highest BCUT2D eigenvalue weighted by atomic mass is 16.6. The van der Waals surface area contributed by atoms with Crippen LogP contribution in [0.15, 0.2) is 12.7 Å². The van der Waals surface area contributed by atoms with Gasteiger partial charge in [0.15, 0.2) is 0 Å². The molecule has 2 heterocycles. The van der Waals surface area contributed by atoms with Crippen molar-refractivity contribution in [3.63, 3.8) is 0 Å². The molecule has 0 bridgehead atoms. The van der Waals surface area contributed by atoms with E-state index in [1.807, 2.05) is 6.08 Å². The number of hydrogen-bond donors (Lipinski definition) is 1. The Kier molecular flexibility index (Phi) is 4.00. The molecule has 0 aromatic heterocycles. The van der Waals surface area contributed by atoms with Gasteiger partial charge in [-0.2, -0.15) is 0 Å². The first kappa shape index (κ1) is 12.1. The molecule has 0 aliphatic carbocycles. The molecule has 3 nitrogen and oxygen atoms in total. The molecule has 2 fully saturated rings. The molecule has 1 spiro atoms. The van der Waals surface area contributed by atoms with Gasteiger partial charge < -0.3 is 14.8 Å². The summed E-state index contributed by atoms with van der Waals surface area (Å²) >= 11 is 0. The van der Waals surface area contributed by atoms with Crippen LogP contribution in [-0.4, -0.2) is 37.5 Å². The Morgan fingerprint density at radius 3 is 3.12 bits per heavy atom. The van der Waals surface area contributed by atoms with Crippen LogP contribution in [0.2, 0.25) is 0 Å². The van der Waals surface area contributed by atoms with Crippen LogP contribution in [0.4, 0.5) is 0 Å². The molecule has 3 atom stereocenters. The summed E-state index contributed by atoms with van der Waals surface area (Å²) in [5.41, 5.74) is 0.0177. The molecule has 2 aliphatic rings. The molecule has 0 amide bonds. The second-order valence-corrected chi connectivity index (χ2v) is 5.12. The predicted octanol–water partition coefficient (Wildman–Crippen LogP) is 1.88. The molecule has 1 N–H and O–H groups in total. The van der Waals surface area contributed by atoms with E-state index in [4.69, 9.17) is 9.47 Å². The standard InChI is InChI=1S/C13H23NO2/c1-3-4-11(2)14-12-5-7-16-13(9-12)6-8-15-10-13/h3,11-12,14H,1,4-10H2,2H3. The van der Waals surface area contributed by atoms with Crippen molar-refractivity contribution in [2.75, 3.05) is 19.8 Å². The topological polar surface area (TPSA) is 30.5 Å². The van der Waals surface area contributed by atoms with Crippen LogP contribution in [0, 0.1) is 0 Å². The van der Waals surface area contributed by atoms with Crippen LogP contribution in [0.25, 0.3) is 0 Å². The summed E-state index contributed by atoms with van der Waals surface area (Å²) in [6.07, 6.45) is 6.27. The summed E-state index contributed by atoms with van der Waals surface area (Å²) in [7, 11) is 0. The molecule has 3 heteroatoms. The molecule has 2 aliphatic heterocycles. The first-order valence-corrected chi connectivity index (χ1v) is 6.33. The lowest BCUT2D eigenvalue weighted by Gasteiger charge is -2.38. The van der Waals surface area contributed by atoms with E-state index in [2.05, 4.69) is 18.8 Å². The number of rotatable bonds is 4. The molecular formula is C13H23NO2. The maximum atomic E-state index is 5.91. The first-order chi connectivity index (χ1) is 7.74. The lowest BCUT2D eigenvalue weighted by molar-refractivity contribution is -0.0901. The van der Waals surface area contributed by atoms with E-state index in [0.717, 1.165) is 45.5 Å². The van der Waals surface area contributed by atoms with E-state index >= 15 is 0 Å². The normalized spacial score (nSPS) is 36.4. The van der Waals surface area contributed by atoms with Gasteiger partial charge >= 0.3 is 0 Å². The third-order valence-corrected chi connectivity index (χ3v) is 3.60. The van der Waals surface area contributed by atoms with E-state index in [0.29, 0.717) is 12.1 Å². The van der Waals surface area contributed by atoms with Crippen molar-refractivity contribution < 1.29 is 9.47 Å². The highest BCUT2D eigenvalue weighted by Crippen LogP contribution is 2.32. The molecule has 0 saturated carbocycles. The smallest absolute Gasteiger partial charge is 0.0951 e. The predicted molar refractivity (Wildman–Crippen MR) is 64.6 cm³/mol. The molecule has 2 rings (SSSR count). The minimum absolute atomic E-state index is 0.0177. The maximum absolute atomic E-state index is 5.91. The fourth-order valence-electron chi connectivity index (χ4n) is 2.75. The zero-order valence-electron chi connectivity index (χ0n) is 10.2. The largest absolute Gasteiger partial charge is 0.378 e. The van der Waals surface area contributed by atoms with E-state index in [-0.39, 0.29) is 5.60 Å². The van der Waals surface area contributed by atoms with E-state index in [1.54, 1.807) is 0 Å². The summed E-state index contributed by atoms with van der Waals surface area (Å²) in [5.74, 6) is 0. The molecule has 16 heavy (non-hydrogen) atoms. The Morgan fingerprint density at radius 2 is 2.44 bits per heavy atom. The second-order valence-electron chi connectivity index (χ2n) is 5.12. The summed E-state index contributed by atoms with van der Waals surface area (Å²) in [5, 5.41) is 3.66. The van der Waals surface area contributed by atoms with Crippen molar-refractivity contribution in [2.24, 2.45) is 0 Å². The molecule has 92 valence electrons. The Hall–Kier alpha value is -0.380. The fourth-order valence-corrected chi connectivity index (χ4v) is 2.75. The number of hydrogen-bond acceptors (Lipinski definition) is 3. The van der Waals surface area contributed by atoms with Gasteiger partial charge in [0, 0.05) is 31.7 Å². The van der Waals surface area contributed by atoms with E-state index < -0.39 is 0 Å². The molecule has 3 unspecified atom stereocenters. The minimum atomic E-state index is 0.0177. The minimum Gasteiger partial charge on any atom is -0.378 e. The van der Waals surface area contributed by atoms with Crippen molar-refractivity contribution in [2.45, 2.75) is 50.3 Å². The summed E-state index contributed by atoms with van der Waals surface area (Å²) in [6, 6.07) is 1.09. The molecule has 2 saturated heterocycles. The van der Waals surface area contributed by atoms with Crippen LogP contribution in [0.5, 0.6) is 0 Å². The monoisotopic (exact) mass is 225 g/mol. The average Bonchev–Trinajstić information content (AvgIpc) is 2.66. The van der Waals surface area contributed by atoms with E-state index in [9.17, 15) is 0 Å². The van der Waals surface area contributed by atoms with Crippen molar-refractivity contribution in [1.29, 1.82) is 0 Å². The van der Waals surface area contributed by atoms with Crippen LogP contribution in [0.1, 0.15) is 32.6 Å². The lowest BCUT2D eigenvalue weighted by atomic mass is 9.89. The Balaban J connectivity index is 1.84. The molecule has 0 aromatic carbocycles. The zero-order chi connectivity index (χ0) is 11.4. The second kappa shape index (κ2) is 5.30. The molecular weight excluding hydrogens is 202 g/mol. The van der Waals surface area contributed by atoms with Crippen LogP contribution in [-0.2, 0) is 9.47 Å². The van der Waals surface area contributed by atoms with Crippen LogP contribution < -0.4 is 5.32 Å². The van der Waals surface area contributed by atoms with Gasteiger partial charge in [-0.25, -0.2) is 0 Å². The van der Waals surface area contributed by atoms with Crippen LogP contribution in [0.3, 0.4) is 0 Å². The van der Waals surface area contributed by atoms with Gasteiger partial charge in [0.2, 0.25) is 0 Å². The zero-order valence-corrected chi connectivity index (χ0v) is 10.2. The van der Waals surface area contributed by atoms with Gasteiger partial charge in [-0.15, -0.1) is 6.58 Å². The van der Waals surface area contributed by atoms with Gasteiger partial charge in [-0.05, 0) is 26.2 Å². The summed E-state index contributed by atoms with van der Waals surface area (Å²) < 4.78 is 11.4. The highest BCUT2D eigenvalue weighted by molar-refractivity contribution is 4.93. The summed E-state index contributed by atoms with van der Waals surface area (Å²) in [6.45, 7) is 8.50. The van der Waals surface area contributed by atoms with E-state index in [1.165, 1.54) is 0 Å². The van der Waals surface area contributed by atoms with Gasteiger partial charge in [0.25, 0.3) is 0 Å². The number of ether oxygens (including phenoxy) is 2. The SMILES string of the molecule is C=CCC(C)NC1CCOC2(CCOC2)C1. The Labute approximate surface area is 98.2 Å². The third kappa shape index (κ3) is 2.84. The van der Waals surface area contributed by atoms with Gasteiger partial charge in [-0.3, -0.25) is 0 Å². The fraction of sp³-hybridized carbons (Fsp3) is 0.846. The Morgan fingerprint density at radius 1 is 1.56 bits per heavy atom. The molecule has 0 radical (unpaired) electrons. The average molecular weight is 225 g/mol. The first-order valence-electron chi connectivity index (χ1n) is 6.33. The van der Waals surface area contributed by atoms with Crippen molar-refractivity contribution >= 4 is 0 Å². The summed E-state index contributed by atoms with van der Waals surface area (Å²) in [4.78, 5) is 0. The quantitative estimate of drug-likeness (QED) is 0.741. The number of nitrogens with one attached hydrogen (secondary N) is 1. The maximum Gasteiger partial charge on any atom is 0.0951 e. The Bertz CT molecular complexity index is 236. The lowest BCUT2D eigenvalue weighted by Crippen LogP contribution is -2.49. The van der Waals surface area contributed by atoms with Crippen molar-refractivity contribution in [1.82, 2.24) is 5.32 Å².